The molecule has 0 atom stereocenters. The Balaban J connectivity index is 2.20. The van der Waals surface area contributed by atoms with E-state index >= 15 is 0 Å². The molecule has 0 spiro atoms. The minimum atomic E-state index is -3.79. The van der Waals surface area contributed by atoms with Crippen LogP contribution >= 0.6 is 0 Å². The minimum Gasteiger partial charge on any atom is -0.481 e. The van der Waals surface area contributed by atoms with Crippen LogP contribution in [0, 0.1) is 0 Å². The van der Waals surface area contributed by atoms with Gasteiger partial charge in [0.15, 0.2) is 11.6 Å². The van der Waals surface area contributed by atoms with E-state index in [9.17, 15) is 18.0 Å². The summed E-state index contributed by atoms with van der Waals surface area (Å²) in [4.78, 5) is 22.3. The predicted molar refractivity (Wildman–Crippen MR) is 86.4 cm³/mol. The first-order chi connectivity index (χ1) is 11.2. The van der Waals surface area contributed by atoms with Gasteiger partial charge in [0.1, 0.15) is 0 Å². The molecule has 0 aliphatic carbocycles. The summed E-state index contributed by atoms with van der Waals surface area (Å²) in [5, 5.41) is 12.6. The molecule has 0 radical (unpaired) electrons. The summed E-state index contributed by atoms with van der Waals surface area (Å²) in [6.45, 7) is 0. The van der Waals surface area contributed by atoms with E-state index in [0.29, 0.717) is 0 Å². The number of rotatable bonds is 7. The molecule has 0 bridgehead atoms. The Morgan fingerprint density at radius 1 is 1.17 bits per heavy atom. The number of anilines is 1. The Morgan fingerprint density at radius 2 is 1.79 bits per heavy atom. The van der Waals surface area contributed by atoms with Crippen molar-refractivity contribution in [3.63, 3.8) is 0 Å². The highest BCUT2D eigenvalue weighted by atomic mass is 32.2. The van der Waals surface area contributed by atoms with E-state index in [1.54, 1.807) is 19.3 Å². The van der Waals surface area contributed by atoms with Crippen molar-refractivity contribution in [2.75, 3.05) is 11.4 Å². The summed E-state index contributed by atoms with van der Waals surface area (Å²) >= 11 is 0. The lowest BCUT2D eigenvalue weighted by molar-refractivity contribution is -0.136. The van der Waals surface area contributed by atoms with Gasteiger partial charge in [-0.1, -0.05) is 12.1 Å². The van der Waals surface area contributed by atoms with Gasteiger partial charge in [-0.25, -0.2) is 8.42 Å². The Bertz CT molecular complexity index is 855. The number of ketones is 1. The van der Waals surface area contributed by atoms with Gasteiger partial charge in [-0.3, -0.25) is 18.6 Å². The first-order valence-corrected chi connectivity index (χ1v) is 8.49. The van der Waals surface area contributed by atoms with E-state index in [4.69, 9.17) is 5.11 Å². The van der Waals surface area contributed by atoms with Crippen molar-refractivity contribution in [1.29, 1.82) is 0 Å². The quantitative estimate of drug-likeness (QED) is 0.753. The van der Waals surface area contributed by atoms with E-state index in [-0.39, 0.29) is 34.9 Å². The van der Waals surface area contributed by atoms with Crippen molar-refractivity contribution in [2.24, 2.45) is 7.05 Å². The van der Waals surface area contributed by atoms with E-state index < -0.39 is 16.0 Å². The maximum atomic E-state index is 12.6. The van der Waals surface area contributed by atoms with Crippen LogP contribution in [0.1, 0.15) is 23.2 Å². The molecule has 0 unspecified atom stereocenters. The summed E-state index contributed by atoms with van der Waals surface area (Å²) in [5.74, 6) is -1.13. The van der Waals surface area contributed by atoms with Gasteiger partial charge >= 0.3 is 5.97 Å². The molecule has 1 N–H and O–H groups in total. The summed E-state index contributed by atoms with van der Waals surface area (Å²) in [6, 6.07) is 6.97. The van der Waals surface area contributed by atoms with Crippen molar-refractivity contribution in [3.05, 3.63) is 42.1 Å². The van der Waals surface area contributed by atoms with Crippen LogP contribution in [-0.4, -0.2) is 42.1 Å². The van der Waals surface area contributed by atoms with E-state index in [1.807, 2.05) is 0 Å². The lowest BCUT2D eigenvalue weighted by atomic mass is 10.1. The van der Waals surface area contributed by atoms with Gasteiger partial charge in [0.2, 0.25) is 0 Å². The lowest BCUT2D eigenvalue weighted by Gasteiger charge is -2.16. The van der Waals surface area contributed by atoms with Crippen LogP contribution in [0.4, 0.5) is 5.82 Å². The first-order valence-electron chi connectivity index (χ1n) is 7.05. The molecule has 128 valence electrons. The van der Waals surface area contributed by atoms with Gasteiger partial charge in [0.25, 0.3) is 10.0 Å². The zero-order chi connectivity index (χ0) is 17.9. The molecule has 8 nitrogen and oxygen atoms in total. The number of carbonyl (C=O) groups excluding carboxylic acids is 1. The van der Waals surface area contributed by atoms with Crippen LogP contribution in [0.25, 0.3) is 0 Å². The van der Waals surface area contributed by atoms with Crippen molar-refractivity contribution < 1.29 is 23.1 Å². The lowest BCUT2D eigenvalue weighted by Crippen LogP contribution is -2.27. The van der Waals surface area contributed by atoms with Crippen LogP contribution in [0.3, 0.4) is 0 Å². The third kappa shape index (κ3) is 3.80. The largest absolute Gasteiger partial charge is 0.481 e. The Labute approximate surface area is 139 Å². The topological polar surface area (TPSA) is 110 Å². The number of benzene rings is 1. The zero-order valence-corrected chi connectivity index (χ0v) is 14.0. The average Bonchev–Trinajstić information content (AvgIpc) is 2.98. The van der Waals surface area contributed by atoms with Crippen molar-refractivity contribution in [2.45, 2.75) is 17.7 Å². The molecule has 1 heterocycles. The summed E-state index contributed by atoms with van der Waals surface area (Å²) in [5.41, 5.74) is 0.274. The Kier molecular flexibility index (Phi) is 5.03. The molecule has 1 aromatic heterocycles. The number of carbonyl (C=O) groups is 2. The Morgan fingerprint density at radius 3 is 2.29 bits per heavy atom. The molecule has 0 aliphatic heterocycles. The van der Waals surface area contributed by atoms with E-state index in [0.717, 1.165) is 4.31 Å². The molecule has 0 aliphatic rings. The van der Waals surface area contributed by atoms with Crippen molar-refractivity contribution in [3.8, 4) is 0 Å². The average molecular weight is 351 g/mol. The number of Topliss-reactive ketones (excluding diaryl/α,β-unsaturated/α-hetero) is 1. The van der Waals surface area contributed by atoms with Gasteiger partial charge in [-0.05, 0) is 12.1 Å². The van der Waals surface area contributed by atoms with Gasteiger partial charge in [0.05, 0.1) is 11.3 Å². The van der Waals surface area contributed by atoms with Crippen LogP contribution in [0.5, 0.6) is 0 Å². The molecule has 0 saturated carbocycles. The van der Waals surface area contributed by atoms with Gasteiger partial charge in [0, 0.05) is 38.3 Å². The fourth-order valence-electron chi connectivity index (χ4n) is 2.03. The highest BCUT2D eigenvalue weighted by molar-refractivity contribution is 7.92. The highest BCUT2D eigenvalue weighted by Crippen LogP contribution is 2.21. The number of hydrogen-bond donors (Lipinski definition) is 1. The molecule has 0 saturated heterocycles. The van der Waals surface area contributed by atoms with Crippen LogP contribution < -0.4 is 4.31 Å². The second kappa shape index (κ2) is 6.83. The molecule has 2 aromatic rings. The summed E-state index contributed by atoms with van der Waals surface area (Å²) in [6.07, 6.45) is 1.24. The van der Waals surface area contributed by atoms with Crippen molar-refractivity contribution in [1.82, 2.24) is 9.78 Å². The molecule has 2 rings (SSSR count). The van der Waals surface area contributed by atoms with E-state index in [2.05, 4.69) is 5.10 Å². The number of carboxylic acid groups (broad SMARTS) is 1. The number of carboxylic acids is 1. The highest BCUT2D eigenvalue weighted by Gasteiger charge is 2.23. The second-order valence-electron chi connectivity index (χ2n) is 5.16. The normalized spacial score (nSPS) is 11.2. The zero-order valence-electron chi connectivity index (χ0n) is 13.2. The third-order valence-corrected chi connectivity index (χ3v) is 5.20. The third-order valence-electron chi connectivity index (χ3n) is 3.42. The SMILES string of the molecule is CN(c1ccn(C)n1)S(=O)(=O)c1ccc(C(=O)CCC(=O)O)cc1. The fourth-order valence-corrected chi connectivity index (χ4v) is 3.17. The second-order valence-corrected chi connectivity index (χ2v) is 7.13. The maximum absolute atomic E-state index is 12.6. The summed E-state index contributed by atoms with van der Waals surface area (Å²) < 4.78 is 27.6. The first kappa shape index (κ1) is 17.7. The standard InChI is InChI=1S/C15H17N3O5S/c1-17-10-9-14(16-17)18(2)24(22,23)12-5-3-11(4-6-12)13(19)7-8-15(20)21/h3-6,9-10H,7-8H2,1-2H3,(H,20,21). The van der Waals surface area contributed by atoms with Crippen LogP contribution in [-0.2, 0) is 21.9 Å². The van der Waals surface area contributed by atoms with E-state index in [1.165, 1.54) is 36.0 Å². The molecular weight excluding hydrogens is 334 g/mol. The number of aromatic nitrogens is 2. The van der Waals surface area contributed by atoms with Gasteiger partial charge in [-0.2, -0.15) is 5.10 Å². The molecule has 1 aromatic carbocycles. The smallest absolute Gasteiger partial charge is 0.303 e. The Hall–Kier alpha value is -2.68. The molecular formula is C15H17N3O5S. The summed E-state index contributed by atoms with van der Waals surface area (Å²) in [7, 11) is -0.720. The number of aliphatic carboxylic acids is 1. The number of hydrogen-bond acceptors (Lipinski definition) is 5. The van der Waals surface area contributed by atoms with Gasteiger partial charge in [-0.15, -0.1) is 0 Å². The van der Waals surface area contributed by atoms with Crippen LogP contribution in [0.15, 0.2) is 41.4 Å². The monoisotopic (exact) mass is 351 g/mol. The number of sulfonamides is 1. The maximum Gasteiger partial charge on any atom is 0.303 e. The predicted octanol–water partition coefficient (Wildman–Crippen LogP) is 1.29. The molecule has 0 amide bonds. The molecule has 0 fully saturated rings. The van der Waals surface area contributed by atoms with Crippen molar-refractivity contribution >= 4 is 27.6 Å². The molecule has 24 heavy (non-hydrogen) atoms. The molecule has 9 heteroatoms. The minimum absolute atomic E-state index is 0.0189. The fraction of sp³-hybridized carbons (Fsp3) is 0.267. The number of nitrogens with zero attached hydrogens (tertiary/aromatic N) is 3. The van der Waals surface area contributed by atoms with Crippen LogP contribution in [0.2, 0.25) is 0 Å². The number of aryl methyl sites for hydroxylation is 1. The van der Waals surface area contributed by atoms with Gasteiger partial charge < -0.3 is 5.11 Å².